The molecule has 152 valence electrons. The van der Waals surface area contributed by atoms with Crippen LogP contribution in [0.25, 0.3) is 17.1 Å². The standard InChI is InChI=1S/C21H16Cl2N4O3/c1-12-19(25-26-27(12)17-5-3-4-16(23)10-17)21(28)29-11-18-13(2)30-20(24-18)14-6-8-15(22)9-7-14/h3-10H,11H2,1-2H3. The third-order valence-corrected chi connectivity index (χ3v) is 4.95. The second-order valence-electron chi connectivity index (χ2n) is 6.52. The average Bonchev–Trinajstić information content (AvgIpc) is 3.29. The van der Waals surface area contributed by atoms with Crippen LogP contribution in [-0.2, 0) is 11.3 Å². The molecule has 0 amide bonds. The van der Waals surface area contributed by atoms with E-state index in [2.05, 4.69) is 15.3 Å². The predicted molar refractivity (Wildman–Crippen MR) is 112 cm³/mol. The molecule has 0 aliphatic rings. The lowest BCUT2D eigenvalue weighted by Crippen LogP contribution is -2.09. The van der Waals surface area contributed by atoms with Crippen LogP contribution in [0.5, 0.6) is 0 Å². The molecular formula is C21H16Cl2N4O3. The van der Waals surface area contributed by atoms with Crippen molar-refractivity contribution in [2.24, 2.45) is 0 Å². The molecule has 0 saturated heterocycles. The van der Waals surface area contributed by atoms with Crippen molar-refractivity contribution in [3.05, 3.63) is 81.4 Å². The Labute approximate surface area is 182 Å². The van der Waals surface area contributed by atoms with Gasteiger partial charge < -0.3 is 9.15 Å². The summed E-state index contributed by atoms with van der Waals surface area (Å²) in [6, 6.07) is 14.2. The topological polar surface area (TPSA) is 83.0 Å². The van der Waals surface area contributed by atoms with Gasteiger partial charge >= 0.3 is 5.97 Å². The van der Waals surface area contributed by atoms with Gasteiger partial charge in [-0.2, -0.15) is 0 Å². The van der Waals surface area contributed by atoms with E-state index >= 15 is 0 Å². The molecule has 9 heteroatoms. The minimum Gasteiger partial charge on any atom is -0.454 e. The van der Waals surface area contributed by atoms with Crippen LogP contribution in [0.1, 0.15) is 27.6 Å². The maximum Gasteiger partial charge on any atom is 0.361 e. The highest BCUT2D eigenvalue weighted by Gasteiger charge is 2.20. The highest BCUT2D eigenvalue weighted by molar-refractivity contribution is 6.31. The number of halogens is 2. The minimum atomic E-state index is -0.601. The Morgan fingerprint density at radius 2 is 1.87 bits per heavy atom. The number of rotatable bonds is 5. The number of oxazole rings is 1. The van der Waals surface area contributed by atoms with Gasteiger partial charge in [0.1, 0.15) is 18.1 Å². The van der Waals surface area contributed by atoms with Gasteiger partial charge in [-0.15, -0.1) is 5.10 Å². The number of carbonyl (C=O) groups is 1. The molecule has 30 heavy (non-hydrogen) atoms. The molecule has 2 aromatic heterocycles. The zero-order valence-corrected chi connectivity index (χ0v) is 17.6. The quantitative estimate of drug-likeness (QED) is 0.394. The summed E-state index contributed by atoms with van der Waals surface area (Å²) in [5.41, 5.74) is 2.66. The third kappa shape index (κ3) is 4.08. The van der Waals surface area contributed by atoms with Crippen molar-refractivity contribution in [3.63, 3.8) is 0 Å². The molecule has 0 spiro atoms. The fourth-order valence-corrected chi connectivity index (χ4v) is 3.16. The number of nitrogens with zero attached hydrogens (tertiary/aromatic N) is 4. The van der Waals surface area contributed by atoms with E-state index in [9.17, 15) is 4.79 Å². The fourth-order valence-electron chi connectivity index (χ4n) is 2.85. The molecule has 0 atom stereocenters. The molecule has 0 unspecified atom stereocenters. The summed E-state index contributed by atoms with van der Waals surface area (Å²) in [7, 11) is 0. The van der Waals surface area contributed by atoms with Crippen molar-refractivity contribution in [2.75, 3.05) is 0 Å². The summed E-state index contributed by atoms with van der Waals surface area (Å²) in [5, 5.41) is 9.17. The van der Waals surface area contributed by atoms with Crippen LogP contribution in [0.15, 0.2) is 52.9 Å². The van der Waals surface area contributed by atoms with Gasteiger partial charge in [0.2, 0.25) is 5.89 Å². The zero-order valence-electron chi connectivity index (χ0n) is 16.1. The maximum absolute atomic E-state index is 12.5. The van der Waals surface area contributed by atoms with Crippen LogP contribution in [0, 0.1) is 13.8 Å². The largest absolute Gasteiger partial charge is 0.454 e. The van der Waals surface area contributed by atoms with Gasteiger partial charge in [-0.25, -0.2) is 14.5 Å². The molecule has 0 fully saturated rings. The summed E-state index contributed by atoms with van der Waals surface area (Å²) >= 11 is 11.9. The Morgan fingerprint density at radius 1 is 1.10 bits per heavy atom. The highest BCUT2D eigenvalue weighted by Crippen LogP contribution is 2.24. The lowest BCUT2D eigenvalue weighted by Gasteiger charge is -2.04. The molecular weight excluding hydrogens is 427 g/mol. The number of hydrogen-bond donors (Lipinski definition) is 0. The lowest BCUT2D eigenvalue weighted by atomic mass is 10.2. The second kappa shape index (κ2) is 8.30. The van der Waals surface area contributed by atoms with Crippen molar-refractivity contribution < 1.29 is 13.9 Å². The van der Waals surface area contributed by atoms with Gasteiger partial charge in [0.15, 0.2) is 5.69 Å². The Morgan fingerprint density at radius 3 is 2.60 bits per heavy atom. The summed E-state index contributed by atoms with van der Waals surface area (Å²) in [4.78, 5) is 17.0. The number of hydrogen-bond acceptors (Lipinski definition) is 6. The number of carbonyl (C=O) groups excluding carboxylic acids is 1. The van der Waals surface area contributed by atoms with Crippen LogP contribution in [0.3, 0.4) is 0 Å². The molecule has 0 N–H and O–H groups in total. The molecule has 0 radical (unpaired) electrons. The highest BCUT2D eigenvalue weighted by atomic mass is 35.5. The summed E-state index contributed by atoms with van der Waals surface area (Å²) in [5.74, 6) is 0.390. The van der Waals surface area contributed by atoms with E-state index in [1.807, 2.05) is 6.07 Å². The van der Waals surface area contributed by atoms with Gasteiger partial charge in [-0.1, -0.05) is 34.5 Å². The zero-order chi connectivity index (χ0) is 21.3. The molecule has 2 heterocycles. The van der Waals surface area contributed by atoms with Crippen LogP contribution >= 0.6 is 23.2 Å². The SMILES string of the molecule is Cc1oc(-c2ccc(Cl)cc2)nc1COC(=O)c1nnn(-c2cccc(Cl)c2)c1C. The molecule has 4 aromatic rings. The van der Waals surface area contributed by atoms with E-state index in [0.717, 1.165) is 5.56 Å². The normalized spacial score (nSPS) is 10.9. The first-order chi connectivity index (χ1) is 14.4. The van der Waals surface area contributed by atoms with Gasteiger partial charge in [-0.3, -0.25) is 0 Å². The Kier molecular flexibility index (Phi) is 5.57. The van der Waals surface area contributed by atoms with E-state index in [1.165, 1.54) is 4.68 Å². The molecule has 2 aromatic carbocycles. The van der Waals surface area contributed by atoms with E-state index in [1.54, 1.807) is 56.3 Å². The van der Waals surface area contributed by atoms with Gasteiger partial charge in [0.25, 0.3) is 0 Å². The van der Waals surface area contributed by atoms with Crippen LogP contribution < -0.4 is 0 Å². The van der Waals surface area contributed by atoms with Crippen molar-refractivity contribution >= 4 is 29.2 Å². The first-order valence-electron chi connectivity index (χ1n) is 9.00. The summed E-state index contributed by atoms with van der Waals surface area (Å²) in [6.07, 6.45) is 0. The van der Waals surface area contributed by atoms with E-state index < -0.39 is 5.97 Å². The number of aromatic nitrogens is 4. The smallest absolute Gasteiger partial charge is 0.361 e. The fraction of sp³-hybridized carbons (Fsp3) is 0.143. The van der Waals surface area contributed by atoms with Crippen LogP contribution in [0.4, 0.5) is 0 Å². The molecule has 0 saturated carbocycles. The Bertz CT molecular complexity index is 1220. The molecule has 7 nitrogen and oxygen atoms in total. The van der Waals surface area contributed by atoms with Crippen molar-refractivity contribution in [3.8, 4) is 17.1 Å². The first kappa shape index (κ1) is 20.1. The van der Waals surface area contributed by atoms with E-state index in [4.69, 9.17) is 32.4 Å². The summed E-state index contributed by atoms with van der Waals surface area (Å²) < 4.78 is 12.6. The molecule has 0 aliphatic heterocycles. The van der Waals surface area contributed by atoms with Gasteiger partial charge in [-0.05, 0) is 56.3 Å². The Balaban J connectivity index is 1.49. The number of esters is 1. The second-order valence-corrected chi connectivity index (χ2v) is 7.39. The van der Waals surface area contributed by atoms with Crippen molar-refractivity contribution in [1.82, 2.24) is 20.0 Å². The Hall–Kier alpha value is -3.16. The van der Waals surface area contributed by atoms with Crippen molar-refractivity contribution in [2.45, 2.75) is 20.5 Å². The first-order valence-corrected chi connectivity index (χ1v) is 9.75. The number of benzene rings is 2. The van der Waals surface area contributed by atoms with E-state index in [-0.39, 0.29) is 12.3 Å². The number of ether oxygens (including phenoxy) is 1. The predicted octanol–water partition coefficient (Wildman–Crippen LogP) is 5.20. The minimum absolute atomic E-state index is 0.0504. The molecule has 0 aliphatic carbocycles. The maximum atomic E-state index is 12.5. The van der Waals surface area contributed by atoms with Crippen LogP contribution in [-0.4, -0.2) is 25.9 Å². The molecule has 4 rings (SSSR count). The monoisotopic (exact) mass is 442 g/mol. The molecule has 0 bridgehead atoms. The lowest BCUT2D eigenvalue weighted by molar-refractivity contribution is 0.0459. The van der Waals surface area contributed by atoms with Crippen LogP contribution in [0.2, 0.25) is 10.0 Å². The average molecular weight is 443 g/mol. The van der Waals surface area contributed by atoms with Gasteiger partial charge in [0, 0.05) is 15.6 Å². The third-order valence-electron chi connectivity index (χ3n) is 4.46. The summed E-state index contributed by atoms with van der Waals surface area (Å²) in [6.45, 7) is 3.44. The van der Waals surface area contributed by atoms with Gasteiger partial charge in [0.05, 0.1) is 11.4 Å². The van der Waals surface area contributed by atoms with Crippen molar-refractivity contribution in [1.29, 1.82) is 0 Å². The van der Waals surface area contributed by atoms with E-state index in [0.29, 0.717) is 38.8 Å². The number of aryl methyl sites for hydroxylation is 1.